The summed E-state index contributed by atoms with van der Waals surface area (Å²) in [5.74, 6) is -0.0736. The molecule has 0 fully saturated rings. The van der Waals surface area contributed by atoms with Crippen LogP contribution < -0.4 is 15.2 Å². The average molecular weight is 397 g/mol. The molecule has 8 heteroatoms. The zero-order chi connectivity index (χ0) is 20.1. The second-order valence-corrected chi connectivity index (χ2v) is 8.73. The number of benzene rings is 2. The lowest BCUT2D eigenvalue weighted by molar-refractivity contribution is -0.117. The van der Waals surface area contributed by atoms with Gasteiger partial charge in [0, 0.05) is 30.4 Å². The summed E-state index contributed by atoms with van der Waals surface area (Å²) in [5.41, 5.74) is 3.14. The third kappa shape index (κ3) is 3.21. The number of carbonyl (C=O) groups excluding carboxylic acids is 1. The van der Waals surface area contributed by atoms with E-state index in [-0.39, 0.29) is 29.3 Å². The number of pyridine rings is 1. The van der Waals surface area contributed by atoms with Gasteiger partial charge < -0.3 is 9.88 Å². The van der Waals surface area contributed by atoms with Crippen LogP contribution in [0.4, 0.5) is 5.69 Å². The first-order chi connectivity index (χ1) is 13.2. The number of H-pyrrole nitrogens is 1. The Labute approximate surface area is 162 Å². The van der Waals surface area contributed by atoms with Crippen LogP contribution in [0.15, 0.2) is 52.2 Å². The normalized spacial score (nSPS) is 13.9. The lowest BCUT2D eigenvalue weighted by atomic mass is 10.1. The van der Waals surface area contributed by atoms with Crippen LogP contribution >= 0.6 is 0 Å². The summed E-state index contributed by atoms with van der Waals surface area (Å²) in [5, 5.41) is 0.841. The lowest BCUT2D eigenvalue weighted by Crippen LogP contribution is -2.27. The Balaban J connectivity index is 1.60. The van der Waals surface area contributed by atoms with Gasteiger partial charge in [-0.3, -0.25) is 9.59 Å². The summed E-state index contributed by atoms with van der Waals surface area (Å²) in [6.45, 7) is 1.82. The van der Waals surface area contributed by atoms with Gasteiger partial charge in [0.15, 0.2) is 0 Å². The van der Waals surface area contributed by atoms with Crippen molar-refractivity contribution in [2.75, 3.05) is 11.9 Å². The highest BCUT2D eigenvalue weighted by atomic mass is 32.2. The molecule has 1 aliphatic heterocycles. The fraction of sp³-hybridized carbons (Fsp3) is 0.200. The SMILES string of the molecule is Cc1ccc2[nH]c(=O)c(CNS(=O)(=O)c3ccc4c(c3)CC(=O)N4C)cc2c1. The van der Waals surface area contributed by atoms with Crippen LogP contribution in [0, 0.1) is 6.92 Å². The van der Waals surface area contributed by atoms with Gasteiger partial charge in [-0.05, 0) is 54.3 Å². The molecule has 1 aliphatic rings. The standard InChI is InChI=1S/C20H19N3O4S/c1-12-3-5-17-13(7-12)8-15(20(25)22-17)11-21-28(26,27)16-4-6-18-14(9-16)10-19(24)23(18)2/h3-9,21H,10-11H2,1-2H3,(H,22,25). The number of sulfonamides is 1. The molecule has 0 unspecified atom stereocenters. The minimum absolute atomic E-state index is 0.0717. The van der Waals surface area contributed by atoms with Crippen LogP contribution in [-0.4, -0.2) is 26.4 Å². The number of likely N-dealkylation sites (N-methyl/N-ethyl adjacent to an activating group) is 1. The number of anilines is 1. The van der Waals surface area contributed by atoms with E-state index in [9.17, 15) is 18.0 Å². The molecule has 4 rings (SSSR count). The van der Waals surface area contributed by atoms with Gasteiger partial charge in [-0.1, -0.05) is 11.6 Å². The van der Waals surface area contributed by atoms with E-state index in [1.165, 1.54) is 17.0 Å². The molecular weight excluding hydrogens is 378 g/mol. The summed E-state index contributed by atoms with van der Waals surface area (Å²) in [6.07, 6.45) is 0.179. The Morgan fingerprint density at radius 1 is 1.11 bits per heavy atom. The topological polar surface area (TPSA) is 99.3 Å². The molecule has 0 saturated carbocycles. The van der Waals surface area contributed by atoms with Crippen molar-refractivity contribution in [1.82, 2.24) is 9.71 Å². The molecule has 0 atom stereocenters. The maximum atomic E-state index is 12.7. The van der Waals surface area contributed by atoms with Crippen molar-refractivity contribution in [3.63, 3.8) is 0 Å². The van der Waals surface area contributed by atoms with E-state index in [0.29, 0.717) is 22.3 Å². The number of aromatic amines is 1. The number of aromatic nitrogens is 1. The number of aryl methyl sites for hydroxylation is 1. The zero-order valence-corrected chi connectivity index (χ0v) is 16.3. The summed E-state index contributed by atoms with van der Waals surface area (Å²) < 4.78 is 27.8. The van der Waals surface area contributed by atoms with Crippen molar-refractivity contribution < 1.29 is 13.2 Å². The minimum Gasteiger partial charge on any atom is -0.322 e. The number of rotatable bonds is 4. The van der Waals surface area contributed by atoms with Crippen LogP contribution in [0.25, 0.3) is 10.9 Å². The van der Waals surface area contributed by atoms with Gasteiger partial charge in [0.25, 0.3) is 5.56 Å². The molecular formula is C20H19N3O4S. The predicted molar refractivity (Wildman–Crippen MR) is 107 cm³/mol. The second-order valence-electron chi connectivity index (χ2n) is 6.96. The molecule has 3 aromatic rings. The summed E-state index contributed by atoms with van der Waals surface area (Å²) in [7, 11) is -2.16. The van der Waals surface area contributed by atoms with Gasteiger partial charge in [0.2, 0.25) is 15.9 Å². The van der Waals surface area contributed by atoms with E-state index in [1.807, 2.05) is 25.1 Å². The lowest BCUT2D eigenvalue weighted by Gasteiger charge is -2.11. The monoisotopic (exact) mass is 397 g/mol. The van der Waals surface area contributed by atoms with Crippen molar-refractivity contribution in [2.24, 2.45) is 0 Å². The third-order valence-corrected chi connectivity index (χ3v) is 6.37. The smallest absolute Gasteiger partial charge is 0.252 e. The molecule has 1 aromatic heterocycles. The van der Waals surface area contributed by atoms with Crippen molar-refractivity contribution in [1.29, 1.82) is 0 Å². The van der Waals surface area contributed by atoms with Crippen molar-refractivity contribution >= 4 is 32.5 Å². The summed E-state index contributed by atoms with van der Waals surface area (Å²) >= 11 is 0. The number of nitrogens with one attached hydrogen (secondary N) is 2. The van der Waals surface area contributed by atoms with E-state index >= 15 is 0 Å². The van der Waals surface area contributed by atoms with Crippen molar-refractivity contribution in [3.05, 3.63) is 69.5 Å². The first kappa shape index (κ1) is 18.4. The van der Waals surface area contributed by atoms with Gasteiger partial charge in [-0.15, -0.1) is 0 Å². The molecule has 2 N–H and O–H groups in total. The molecule has 2 aromatic carbocycles. The number of fused-ring (bicyclic) bond motifs is 2. The highest BCUT2D eigenvalue weighted by Gasteiger charge is 2.26. The quantitative estimate of drug-likeness (QED) is 0.702. The highest BCUT2D eigenvalue weighted by Crippen LogP contribution is 2.29. The van der Waals surface area contributed by atoms with Crippen LogP contribution in [0.5, 0.6) is 0 Å². The van der Waals surface area contributed by atoms with Crippen molar-refractivity contribution in [2.45, 2.75) is 24.8 Å². The number of carbonyl (C=O) groups is 1. The van der Waals surface area contributed by atoms with Crippen LogP contribution in [0.2, 0.25) is 0 Å². The zero-order valence-electron chi connectivity index (χ0n) is 15.4. The molecule has 0 bridgehead atoms. The molecule has 0 saturated heterocycles. The molecule has 0 radical (unpaired) electrons. The van der Waals surface area contributed by atoms with Crippen molar-refractivity contribution in [3.8, 4) is 0 Å². The Bertz CT molecular complexity index is 1280. The van der Waals surface area contributed by atoms with Crippen LogP contribution in [0.3, 0.4) is 0 Å². The van der Waals surface area contributed by atoms with Crippen LogP contribution in [0.1, 0.15) is 16.7 Å². The Morgan fingerprint density at radius 3 is 2.68 bits per heavy atom. The Morgan fingerprint density at radius 2 is 1.89 bits per heavy atom. The van der Waals surface area contributed by atoms with Gasteiger partial charge >= 0.3 is 0 Å². The average Bonchev–Trinajstić information content (AvgIpc) is 2.94. The second kappa shape index (κ2) is 6.57. The van der Waals surface area contributed by atoms with E-state index in [2.05, 4.69) is 9.71 Å². The number of amides is 1. The maximum Gasteiger partial charge on any atom is 0.252 e. The number of nitrogens with zero attached hydrogens (tertiary/aromatic N) is 1. The minimum atomic E-state index is -3.83. The van der Waals surface area contributed by atoms with Gasteiger partial charge in [0.05, 0.1) is 11.3 Å². The molecule has 28 heavy (non-hydrogen) atoms. The van der Waals surface area contributed by atoms with Gasteiger partial charge in [-0.25, -0.2) is 13.1 Å². The van der Waals surface area contributed by atoms with Gasteiger partial charge in [0.1, 0.15) is 0 Å². The molecule has 0 spiro atoms. The summed E-state index contributed by atoms with van der Waals surface area (Å²) in [4.78, 5) is 28.4. The van der Waals surface area contributed by atoms with Gasteiger partial charge in [-0.2, -0.15) is 0 Å². The predicted octanol–water partition coefficient (Wildman–Crippen LogP) is 1.83. The summed E-state index contributed by atoms with van der Waals surface area (Å²) in [6, 6.07) is 11.9. The van der Waals surface area contributed by atoms with E-state index in [1.54, 1.807) is 19.2 Å². The number of hydrogen-bond acceptors (Lipinski definition) is 4. The first-order valence-electron chi connectivity index (χ1n) is 8.76. The fourth-order valence-corrected chi connectivity index (χ4v) is 4.43. The fourth-order valence-electron chi connectivity index (χ4n) is 3.37. The molecule has 1 amide bonds. The molecule has 0 aliphatic carbocycles. The molecule has 144 valence electrons. The molecule has 2 heterocycles. The largest absolute Gasteiger partial charge is 0.322 e. The Kier molecular flexibility index (Phi) is 4.32. The van der Waals surface area contributed by atoms with E-state index in [0.717, 1.165) is 10.9 Å². The van der Waals surface area contributed by atoms with E-state index in [4.69, 9.17) is 0 Å². The third-order valence-electron chi connectivity index (χ3n) is 4.97. The number of hydrogen-bond donors (Lipinski definition) is 2. The first-order valence-corrected chi connectivity index (χ1v) is 10.2. The Hall–Kier alpha value is -2.97. The van der Waals surface area contributed by atoms with Crippen LogP contribution in [-0.2, 0) is 27.8 Å². The highest BCUT2D eigenvalue weighted by molar-refractivity contribution is 7.89. The van der Waals surface area contributed by atoms with E-state index < -0.39 is 10.0 Å². The maximum absolute atomic E-state index is 12.7. The molecule has 7 nitrogen and oxygen atoms in total.